The van der Waals surface area contributed by atoms with Gasteiger partial charge in [-0.1, -0.05) is 53.9 Å². The van der Waals surface area contributed by atoms with Gasteiger partial charge in [-0.3, -0.25) is 24.0 Å². The summed E-state index contributed by atoms with van der Waals surface area (Å²) < 4.78 is 40.8. The highest BCUT2D eigenvalue weighted by atomic mass is 16.7. The lowest BCUT2D eigenvalue weighted by atomic mass is 9.44. The zero-order valence-corrected chi connectivity index (χ0v) is 38.5. The summed E-state index contributed by atoms with van der Waals surface area (Å²) in [6, 6.07) is 0.172. The van der Waals surface area contributed by atoms with Crippen LogP contribution in [0.1, 0.15) is 153 Å². The zero-order valence-electron chi connectivity index (χ0n) is 38.5. The van der Waals surface area contributed by atoms with Crippen molar-refractivity contribution < 1.29 is 57.1 Å². The second kappa shape index (κ2) is 20.2. The number of methoxy groups -OCH3 is 1. The van der Waals surface area contributed by atoms with E-state index < -0.39 is 72.8 Å². The zero-order chi connectivity index (χ0) is 44.2. The summed E-state index contributed by atoms with van der Waals surface area (Å²) in [5.41, 5.74) is 0.746. The molecule has 1 heterocycles. The summed E-state index contributed by atoms with van der Waals surface area (Å²) in [6.07, 6.45) is 8.55. The Morgan fingerprint density at radius 3 is 2.03 bits per heavy atom. The lowest BCUT2D eigenvalue weighted by molar-refractivity contribution is -0.330. The van der Waals surface area contributed by atoms with E-state index in [0.717, 1.165) is 61.7 Å². The lowest BCUT2D eigenvalue weighted by Crippen LogP contribution is -2.66. The average Bonchev–Trinajstić information content (AvgIpc) is 3.52. The van der Waals surface area contributed by atoms with Crippen molar-refractivity contribution in [2.75, 3.05) is 20.3 Å². The lowest BCUT2D eigenvalue weighted by Gasteiger charge is -2.61. The Labute approximate surface area is 359 Å². The predicted molar refractivity (Wildman–Crippen MR) is 223 cm³/mol. The van der Waals surface area contributed by atoms with Gasteiger partial charge in [-0.15, -0.1) is 0 Å². The first kappa shape index (κ1) is 48.3. The molecule has 13 heteroatoms. The van der Waals surface area contributed by atoms with E-state index in [1.54, 1.807) is 0 Å². The van der Waals surface area contributed by atoms with Crippen molar-refractivity contribution in [2.24, 2.45) is 52.3 Å². The van der Waals surface area contributed by atoms with E-state index in [1.807, 2.05) is 0 Å². The predicted octanol–water partition coefficient (Wildman–Crippen LogP) is 7.49. The van der Waals surface area contributed by atoms with Gasteiger partial charge in [0, 0.05) is 54.2 Å². The summed E-state index contributed by atoms with van der Waals surface area (Å²) in [4.78, 5) is 61.9. The monoisotopic (exact) mass is 848 g/mol. The van der Waals surface area contributed by atoms with Crippen molar-refractivity contribution in [3.8, 4) is 0 Å². The van der Waals surface area contributed by atoms with E-state index in [1.165, 1.54) is 92.6 Å². The van der Waals surface area contributed by atoms with Gasteiger partial charge in [0.15, 0.2) is 24.1 Å². The fourth-order valence-corrected chi connectivity index (χ4v) is 13.1. The number of hydrogen-bond acceptors (Lipinski definition) is 13. The Morgan fingerprint density at radius 2 is 1.42 bits per heavy atom. The molecule has 4 saturated carbocycles. The van der Waals surface area contributed by atoms with Crippen LogP contribution in [-0.2, 0) is 57.1 Å². The Morgan fingerprint density at radius 1 is 0.750 bits per heavy atom. The number of rotatable bonds is 17. The molecule has 0 aromatic heterocycles. The van der Waals surface area contributed by atoms with Crippen molar-refractivity contribution in [3.63, 3.8) is 0 Å². The van der Waals surface area contributed by atoms with Gasteiger partial charge in [-0.05, 0) is 110 Å². The summed E-state index contributed by atoms with van der Waals surface area (Å²) in [7, 11) is 1.48. The third kappa shape index (κ3) is 11.1. The molecule has 5 rings (SSSR count). The highest BCUT2D eigenvalue weighted by molar-refractivity contribution is 5.69. The first-order valence-corrected chi connectivity index (χ1v) is 23.0. The number of carbonyl (C=O) groups excluding carboxylic acids is 5. The van der Waals surface area contributed by atoms with Crippen LogP contribution in [0.2, 0.25) is 0 Å². The maximum absolute atomic E-state index is 12.6. The summed E-state index contributed by atoms with van der Waals surface area (Å²) >= 11 is 0. The van der Waals surface area contributed by atoms with E-state index in [-0.39, 0.29) is 24.4 Å². The largest absolute Gasteiger partial charge is 0.462 e. The SMILES string of the molecule is CO[C@@]1(CN[C@H]2CC[C@@]3(C)C(CC[C@H]4[C@@H]5CC[C@H]([C@H](C)CCCC(C)C)[C@@]5(C)CC[C@@H]43)C2)C[C@H](OC(C)=O)[C@@H](OC(C)=O)[C@H]([C@H](OC(C)=O)[C@H](COC(C)=O)OC(C)=O)O1. The standard InChI is InChI=1S/C47H77NO12/c1-27(2)13-12-14-28(3)37-17-18-38-36-16-15-34-23-35(19-21-45(34,9)39(36)20-22-46(37,38)10)48-26-47(54-11)24-40(56-30(5)50)42(58-32(7)52)44(60-47)43(59-33(8)53)41(57-31(6)51)25-55-29(4)49/h27-28,34-44,48H,12-26H2,1-11H3/t28-,34?,35+,36+,37-,38+,39+,40+,41+,42-,43-,44-,45+,46-,47+/m1/s1. The maximum atomic E-state index is 12.6. The average molecular weight is 848 g/mol. The molecule has 15 atom stereocenters. The number of ether oxygens (including phenoxy) is 7. The van der Waals surface area contributed by atoms with Gasteiger partial charge < -0.3 is 38.5 Å². The molecule has 0 amide bonds. The number of hydrogen-bond donors (Lipinski definition) is 1. The number of carbonyl (C=O) groups is 5. The van der Waals surface area contributed by atoms with E-state index in [9.17, 15) is 24.0 Å². The van der Waals surface area contributed by atoms with Crippen LogP contribution in [0.4, 0.5) is 0 Å². The Bertz CT molecular complexity index is 1520. The van der Waals surface area contributed by atoms with Crippen LogP contribution in [0, 0.1) is 52.3 Å². The Kier molecular flexibility index (Phi) is 16.2. The minimum absolute atomic E-state index is 0.0192. The van der Waals surface area contributed by atoms with E-state index in [4.69, 9.17) is 33.2 Å². The molecular formula is C47H77NO12. The van der Waals surface area contributed by atoms with Crippen LogP contribution in [0.5, 0.6) is 0 Å². The van der Waals surface area contributed by atoms with Gasteiger partial charge in [0.1, 0.15) is 18.8 Å². The first-order valence-electron chi connectivity index (χ1n) is 23.0. The van der Waals surface area contributed by atoms with Crippen molar-refractivity contribution in [3.05, 3.63) is 0 Å². The van der Waals surface area contributed by atoms with Gasteiger partial charge in [0.2, 0.25) is 0 Å². The normalized spacial score (nSPS) is 37.6. The van der Waals surface area contributed by atoms with Crippen molar-refractivity contribution in [2.45, 2.75) is 195 Å². The van der Waals surface area contributed by atoms with Crippen LogP contribution in [-0.4, -0.2) is 92.5 Å². The van der Waals surface area contributed by atoms with E-state index in [0.29, 0.717) is 11.3 Å². The molecule has 0 bridgehead atoms. The molecule has 4 aliphatic carbocycles. The van der Waals surface area contributed by atoms with Crippen molar-refractivity contribution in [1.29, 1.82) is 0 Å². The molecule has 5 fully saturated rings. The van der Waals surface area contributed by atoms with Crippen molar-refractivity contribution in [1.82, 2.24) is 5.32 Å². The summed E-state index contributed by atoms with van der Waals surface area (Å²) in [5.74, 6) is 0.406. The third-order valence-electron chi connectivity index (χ3n) is 15.8. The number of esters is 5. The van der Waals surface area contributed by atoms with Gasteiger partial charge in [0.25, 0.3) is 0 Å². The Hall–Kier alpha value is -2.77. The molecule has 60 heavy (non-hydrogen) atoms. The van der Waals surface area contributed by atoms with E-state index in [2.05, 4.69) is 39.9 Å². The minimum Gasteiger partial charge on any atom is -0.462 e. The molecule has 0 radical (unpaired) electrons. The van der Waals surface area contributed by atoms with Crippen LogP contribution in [0.15, 0.2) is 0 Å². The maximum Gasteiger partial charge on any atom is 0.303 e. The van der Waals surface area contributed by atoms with Crippen LogP contribution in [0.25, 0.3) is 0 Å². The molecule has 0 aromatic rings. The second-order valence-electron chi connectivity index (χ2n) is 20.2. The molecule has 342 valence electrons. The molecule has 0 aromatic carbocycles. The van der Waals surface area contributed by atoms with Gasteiger partial charge in [-0.2, -0.15) is 0 Å². The van der Waals surface area contributed by atoms with Gasteiger partial charge in [-0.25, -0.2) is 0 Å². The molecular weight excluding hydrogens is 771 g/mol. The topological polar surface area (TPSA) is 162 Å². The molecule has 5 aliphatic rings. The quantitative estimate of drug-likeness (QED) is 0.113. The molecule has 0 spiro atoms. The minimum atomic E-state index is -1.46. The summed E-state index contributed by atoms with van der Waals surface area (Å²) in [5, 5.41) is 3.76. The highest BCUT2D eigenvalue weighted by Gasteiger charge is 2.61. The number of fused-ring (bicyclic) bond motifs is 5. The Balaban J connectivity index is 1.32. The molecule has 13 nitrogen and oxygen atoms in total. The van der Waals surface area contributed by atoms with Crippen LogP contribution >= 0.6 is 0 Å². The fraction of sp³-hybridized carbons (Fsp3) is 0.894. The van der Waals surface area contributed by atoms with E-state index >= 15 is 0 Å². The van der Waals surface area contributed by atoms with Crippen molar-refractivity contribution >= 4 is 29.8 Å². The van der Waals surface area contributed by atoms with Crippen LogP contribution < -0.4 is 5.32 Å². The molecule has 1 N–H and O–H groups in total. The smallest absolute Gasteiger partial charge is 0.303 e. The molecule has 1 aliphatic heterocycles. The number of nitrogens with one attached hydrogen (secondary N) is 1. The third-order valence-corrected chi connectivity index (χ3v) is 15.8. The summed E-state index contributed by atoms with van der Waals surface area (Å²) in [6.45, 7) is 18.1. The fourth-order valence-electron chi connectivity index (χ4n) is 13.1. The molecule has 1 unspecified atom stereocenters. The van der Waals surface area contributed by atoms with Gasteiger partial charge in [0.05, 0.1) is 6.54 Å². The second-order valence-corrected chi connectivity index (χ2v) is 20.2. The molecule has 1 saturated heterocycles. The van der Waals surface area contributed by atoms with Crippen LogP contribution in [0.3, 0.4) is 0 Å². The highest BCUT2D eigenvalue weighted by Crippen LogP contribution is 2.68. The first-order chi connectivity index (χ1) is 28.2. The van der Waals surface area contributed by atoms with Gasteiger partial charge >= 0.3 is 29.8 Å².